The van der Waals surface area contributed by atoms with Gasteiger partial charge in [0.05, 0.1) is 12.2 Å². The third kappa shape index (κ3) is 3.45. The monoisotopic (exact) mass is 314 g/mol. The summed E-state index contributed by atoms with van der Waals surface area (Å²) in [6.45, 7) is 1.89. The highest BCUT2D eigenvalue weighted by Crippen LogP contribution is 2.22. The Kier molecular flexibility index (Phi) is 4.58. The molecule has 1 amide bonds. The molecule has 0 aromatic heterocycles. The van der Waals surface area contributed by atoms with Crippen LogP contribution in [0.15, 0.2) is 22.7 Å². The zero-order valence-electron chi connectivity index (χ0n) is 10.1. The fraction of sp³-hybridized carbons (Fsp3) is 0.462. The van der Waals surface area contributed by atoms with Gasteiger partial charge in [0.1, 0.15) is 5.82 Å². The molecule has 1 aliphatic heterocycles. The van der Waals surface area contributed by atoms with Crippen LogP contribution >= 0.6 is 15.9 Å². The Morgan fingerprint density at radius 2 is 2.06 bits per heavy atom. The molecule has 1 aliphatic rings. The van der Waals surface area contributed by atoms with Crippen molar-refractivity contribution in [3.63, 3.8) is 0 Å². The molecule has 0 unspecified atom stereocenters. The second-order valence-corrected chi connectivity index (χ2v) is 5.27. The number of piperidine rings is 1. The van der Waals surface area contributed by atoms with Crippen LogP contribution in [0.2, 0.25) is 0 Å². The largest absolute Gasteiger partial charge is 0.375 e. The van der Waals surface area contributed by atoms with E-state index in [1.54, 1.807) is 6.07 Å². The first-order valence-electron chi connectivity index (χ1n) is 6.13. The number of halogens is 2. The number of likely N-dealkylation sites (tertiary alicyclic amines) is 1. The number of carbonyl (C=O) groups is 1. The molecule has 18 heavy (non-hydrogen) atoms. The van der Waals surface area contributed by atoms with E-state index in [0.717, 1.165) is 30.4 Å². The van der Waals surface area contributed by atoms with E-state index < -0.39 is 0 Å². The standard InChI is InChI=1S/C13H16BrFN2O/c14-11-5-4-10(15)8-12(11)16-9-13(18)17-6-2-1-3-7-17/h4-5,8,16H,1-3,6-7,9H2. The summed E-state index contributed by atoms with van der Waals surface area (Å²) in [6.07, 6.45) is 3.36. The van der Waals surface area contributed by atoms with Crippen LogP contribution in [0.25, 0.3) is 0 Å². The highest BCUT2D eigenvalue weighted by Gasteiger charge is 2.16. The Morgan fingerprint density at radius 1 is 1.33 bits per heavy atom. The minimum atomic E-state index is -0.314. The summed E-state index contributed by atoms with van der Waals surface area (Å²) >= 11 is 3.32. The molecule has 1 saturated heterocycles. The highest BCUT2D eigenvalue weighted by molar-refractivity contribution is 9.10. The Labute approximate surface area is 114 Å². The number of anilines is 1. The van der Waals surface area contributed by atoms with E-state index in [4.69, 9.17) is 0 Å². The molecular formula is C13H16BrFN2O. The van der Waals surface area contributed by atoms with Gasteiger partial charge >= 0.3 is 0 Å². The van der Waals surface area contributed by atoms with E-state index in [9.17, 15) is 9.18 Å². The maximum absolute atomic E-state index is 13.1. The fourth-order valence-electron chi connectivity index (χ4n) is 2.06. The summed E-state index contributed by atoms with van der Waals surface area (Å²) < 4.78 is 13.8. The fourth-order valence-corrected chi connectivity index (χ4v) is 2.45. The lowest BCUT2D eigenvalue weighted by Crippen LogP contribution is -2.39. The maximum atomic E-state index is 13.1. The predicted molar refractivity (Wildman–Crippen MR) is 73.0 cm³/mol. The molecule has 1 heterocycles. The van der Waals surface area contributed by atoms with Crippen LogP contribution in [-0.2, 0) is 4.79 Å². The molecule has 98 valence electrons. The van der Waals surface area contributed by atoms with Crippen molar-refractivity contribution in [3.8, 4) is 0 Å². The van der Waals surface area contributed by atoms with Crippen molar-refractivity contribution >= 4 is 27.5 Å². The van der Waals surface area contributed by atoms with Crippen LogP contribution in [-0.4, -0.2) is 30.4 Å². The normalized spacial score (nSPS) is 15.6. The van der Waals surface area contributed by atoms with E-state index in [1.807, 2.05) is 4.90 Å². The first kappa shape index (κ1) is 13.3. The van der Waals surface area contributed by atoms with Gasteiger partial charge in [-0.15, -0.1) is 0 Å². The summed E-state index contributed by atoms with van der Waals surface area (Å²) in [5, 5.41) is 2.97. The topological polar surface area (TPSA) is 32.3 Å². The Bertz CT molecular complexity index is 433. The first-order chi connectivity index (χ1) is 8.66. The lowest BCUT2D eigenvalue weighted by molar-refractivity contribution is -0.130. The van der Waals surface area contributed by atoms with E-state index in [1.165, 1.54) is 18.6 Å². The third-order valence-corrected chi connectivity index (χ3v) is 3.76. The molecule has 0 spiro atoms. The van der Waals surface area contributed by atoms with Gasteiger partial charge in [0.2, 0.25) is 5.91 Å². The molecule has 1 N–H and O–H groups in total. The summed E-state index contributed by atoms with van der Waals surface area (Å²) in [6, 6.07) is 4.39. The average Bonchev–Trinajstić information content (AvgIpc) is 2.40. The summed E-state index contributed by atoms with van der Waals surface area (Å²) in [5.74, 6) is -0.239. The minimum absolute atomic E-state index is 0.0749. The van der Waals surface area contributed by atoms with Crippen molar-refractivity contribution in [3.05, 3.63) is 28.5 Å². The van der Waals surface area contributed by atoms with E-state index in [-0.39, 0.29) is 18.3 Å². The molecule has 0 radical (unpaired) electrons. The molecular weight excluding hydrogens is 299 g/mol. The van der Waals surface area contributed by atoms with Crippen molar-refractivity contribution in [1.29, 1.82) is 0 Å². The van der Waals surface area contributed by atoms with Gasteiger partial charge < -0.3 is 10.2 Å². The van der Waals surface area contributed by atoms with Crippen LogP contribution in [0.3, 0.4) is 0 Å². The van der Waals surface area contributed by atoms with Crippen LogP contribution < -0.4 is 5.32 Å². The number of nitrogens with one attached hydrogen (secondary N) is 1. The Morgan fingerprint density at radius 3 is 2.78 bits per heavy atom. The second-order valence-electron chi connectivity index (χ2n) is 4.42. The van der Waals surface area contributed by atoms with E-state index in [2.05, 4.69) is 21.2 Å². The van der Waals surface area contributed by atoms with Crippen LogP contribution in [0.5, 0.6) is 0 Å². The molecule has 1 fully saturated rings. The van der Waals surface area contributed by atoms with Crippen LogP contribution in [0, 0.1) is 5.82 Å². The lowest BCUT2D eigenvalue weighted by atomic mass is 10.1. The summed E-state index contributed by atoms with van der Waals surface area (Å²) in [4.78, 5) is 13.8. The quantitative estimate of drug-likeness (QED) is 0.930. The van der Waals surface area contributed by atoms with Crippen molar-refractivity contribution in [1.82, 2.24) is 4.90 Å². The predicted octanol–water partition coefficient (Wildman–Crippen LogP) is 3.01. The zero-order valence-corrected chi connectivity index (χ0v) is 11.7. The molecule has 1 aromatic carbocycles. The number of carbonyl (C=O) groups excluding carboxylic acids is 1. The maximum Gasteiger partial charge on any atom is 0.241 e. The van der Waals surface area contributed by atoms with Gasteiger partial charge in [0, 0.05) is 17.6 Å². The van der Waals surface area contributed by atoms with Gasteiger partial charge in [-0.25, -0.2) is 4.39 Å². The molecule has 2 rings (SSSR count). The highest BCUT2D eigenvalue weighted by atomic mass is 79.9. The summed E-state index contributed by atoms with van der Waals surface area (Å²) in [5.41, 5.74) is 0.611. The first-order valence-corrected chi connectivity index (χ1v) is 6.93. The average molecular weight is 315 g/mol. The van der Waals surface area contributed by atoms with Crippen molar-refractivity contribution in [2.24, 2.45) is 0 Å². The second kappa shape index (κ2) is 6.18. The molecule has 3 nitrogen and oxygen atoms in total. The molecule has 0 bridgehead atoms. The van der Waals surface area contributed by atoms with Gasteiger partial charge in [0.25, 0.3) is 0 Å². The van der Waals surface area contributed by atoms with Crippen molar-refractivity contribution in [2.75, 3.05) is 25.0 Å². The Hall–Kier alpha value is -1.10. The number of amides is 1. The molecule has 0 atom stereocenters. The van der Waals surface area contributed by atoms with Crippen molar-refractivity contribution < 1.29 is 9.18 Å². The zero-order chi connectivity index (χ0) is 13.0. The number of benzene rings is 1. The smallest absolute Gasteiger partial charge is 0.241 e. The molecule has 0 saturated carbocycles. The molecule has 1 aromatic rings. The van der Waals surface area contributed by atoms with Gasteiger partial charge in [-0.05, 0) is 53.4 Å². The minimum Gasteiger partial charge on any atom is -0.375 e. The Balaban J connectivity index is 1.90. The number of hydrogen-bond acceptors (Lipinski definition) is 2. The van der Waals surface area contributed by atoms with E-state index >= 15 is 0 Å². The van der Waals surface area contributed by atoms with E-state index in [0.29, 0.717) is 5.69 Å². The number of hydrogen-bond donors (Lipinski definition) is 1. The van der Waals surface area contributed by atoms with Gasteiger partial charge in [-0.1, -0.05) is 0 Å². The molecule has 0 aliphatic carbocycles. The lowest BCUT2D eigenvalue weighted by Gasteiger charge is -2.27. The number of nitrogens with zero attached hydrogens (tertiary/aromatic N) is 1. The van der Waals surface area contributed by atoms with Gasteiger partial charge in [-0.3, -0.25) is 4.79 Å². The number of rotatable bonds is 3. The third-order valence-electron chi connectivity index (χ3n) is 3.07. The van der Waals surface area contributed by atoms with Gasteiger partial charge in [0.15, 0.2) is 0 Å². The van der Waals surface area contributed by atoms with Crippen LogP contribution in [0.4, 0.5) is 10.1 Å². The van der Waals surface area contributed by atoms with Crippen LogP contribution in [0.1, 0.15) is 19.3 Å². The van der Waals surface area contributed by atoms with Crippen molar-refractivity contribution in [2.45, 2.75) is 19.3 Å². The summed E-state index contributed by atoms with van der Waals surface area (Å²) in [7, 11) is 0. The SMILES string of the molecule is O=C(CNc1cc(F)ccc1Br)N1CCCCC1. The molecule has 5 heteroatoms. The van der Waals surface area contributed by atoms with Gasteiger partial charge in [-0.2, -0.15) is 0 Å².